The lowest BCUT2D eigenvalue weighted by atomic mass is 9.96. The molecule has 2 aromatic carbocycles. The number of fused-ring (bicyclic) bond motifs is 1. The minimum absolute atomic E-state index is 0.110. The average Bonchev–Trinajstić information content (AvgIpc) is 3.21. The average molecular weight is 548 g/mol. The molecule has 0 spiro atoms. The number of ether oxygens (including phenoxy) is 4. The van der Waals surface area contributed by atoms with Crippen LogP contribution < -0.4 is 29.1 Å². The molecule has 10 heteroatoms. The lowest BCUT2D eigenvalue weighted by Gasteiger charge is -2.25. The van der Waals surface area contributed by atoms with E-state index < -0.39 is 12.0 Å². The third-order valence-corrected chi connectivity index (χ3v) is 6.85. The molecule has 0 aliphatic carbocycles. The van der Waals surface area contributed by atoms with Gasteiger partial charge in [-0.15, -0.1) is 0 Å². The van der Waals surface area contributed by atoms with Gasteiger partial charge in [0.25, 0.3) is 5.56 Å². The van der Waals surface area contributed by atoms with Gasteiger partial charge in [-0.2, -0.15) is 5.26 Å². The molecule has 0 fully saturated rings. The molecule has 0 N–H and O–H groups in total. The van der Waals surface area contributed by atoms with Crippen molar-refractivity contribution in [3.63, 3.8) is 0 Å². The predicted molar refractivity (Wildman–Crippen MR) is 147 cm³/mol. The number of allylic oxidation sites excluding steroid dienone is 1. The van der Waals surface area contributed by atoms with Crippen LogP contribution in [-0.2, 0) is 9.53 Å². The molecule has 0 bridgehead atoms. The zero-order valence-corrected chi connectivity index (χ0v) is 23.2. The molecule has 1 aliphatic heterocycles. The monoisotopic (exact) mass is 547 g/mol. The summed E-state index contributed by atoms with van der Waals surface area (Å²) in [5.74, 6) is 1.04. The highest BCUT2D eigenvalue weighted by atomic mass is 32.1. The molecular formula is C29H29N3O6S. The summed E-state index contributed by atoms with van der Waals surface area (Å²) < 4.78 is 23.9. The molecule has 0 saturated carbocycles. The van der Waals surface area contributed by atoms with Gasteiger partial charge >= 0.3 is 5.97 Å². The van der Waals surface area contributed by atoms with E-state index >= 15 is 0 Å². The molecule has 1 aliphatic rings. The zero-order chi connectivity index (χ0) is 28.1. The lowest BCUT2D eigenvalue weighted by Crippen LogP contribution is -2.40. The van der Waals surface area contributed by atoms with E-state index in [-0.39, 0.29) is 18.3 Å². The highest BCUT2D eigenvalue weighted by Gasteiger charge is 2.33. The van der Waals surface area contributed by atoms with Crippen LogP contribution in [0, 0.1) is 11.3 Å². The van der Waals surface area contributed by atoms with Gasteiger partial charge in [0.05, 0.1) is 41.7 Å². The number of hydrogen-bond donors (Lipinski definition) is 0. The van der Waals surface area contributed by atoms with Gasteiger partial charge < -0.3 is 18.9 Å². The highest BCUT2D eigenvalue weighted by Crippen LogP contribution is 2.32. The van der Waals surface area contributed by atoms with Gasteiger partial charge in [0, 0.05) is 0 Å². The summed E-state index contributed by atoms with van der Waals surface area (Å²) in [4.78, 5) is 32.2. The Morgan fingerprint density at radius 2 is 1.92 bits per heavy atom. The van der Waals surface area contributed by atoms with Crippen LogP contribution in [0.2, 0.25) is 0 Å². The van der Waals surface area contributed by atoms with Gasteiger partial charge in [0.2, 0.25) is 0 Å². The molecule has 0 saturated heterocycles. The number of rotatable bonds is 9. The fourth-order valence-corrected chi connectivity index (χ4v) is 5.29. The molecule has 1 atom stereocenters. The number of aromatic nitrogens is 1. The summed E-state index contributed by atoms with van der Waals surface area (Å²) in [6.07, 6.45) is 1.40. The summed E-state index contributed by atoms with van der Waals surface area (Å²) in [6, 6.07) is 13.7. The quantitative estimate of drug-likeness (QED) is 0.377. The van der Waals surface area contributed by atoms with E-state index in [1.165, 1.54) is 23.0 Å². The molecule has 0 amide bonds. The number of carbonyl (C=O) groups excluding carboxylic acids is 1. The molecule has 39 heavy (non-hydrogen) atoms. The van der Waals surface area contributed by atoms with Crippen LogP contribution in [0.5, 0.6) is 17.2 Å². The minimum atomic E-state index is -0.721. The van der Waals surface area contributed by atoms with Crippen molar-refractivity contribution in [1.82, 2.24) is 4.57 Å². The first-order chi connectivity index (χ1) is 18.8. The first-order valence-corrected chi connectivity index (χ1v) is 13.2. The summed E-state index contributed by atoms with van der Waals surface area (Å²) in [7, 11) is 1.50. The Kier molecular flexibility index (Phi) is 8.52. The van der Waals surface area contributed by atoms with Gasteiger partial charge in [-0.05, 0) is 69.2 Å². The van der Waals surface area contributed by atoms with Crippen molar-refractivity contribution in [1.29, 1.82) is 5.26 Å². The number of hydrogen-bond acceptors (Lipinski definition) is 9. The maximum absolute atomic E-state index is 13.8. The first-order valence-electron chi connectivity index (χ1n) is 12.4. The Balaban J connectivity index is 1.86. The zero-order valence-electron chi connectivity index (χ0n) is 22.4. The van der Waals surface area contributed by atoms with Crippen LogP contribution in [0.4, 0.5) is 0 Å². The fraction of sp³-hybridized carbons (Fsp3) is 0.310. The van der Waals surface area contributed by atoms with E-state index in [0.29, 0.717) is 50.0 Å². The maximum Gasteiger partial charge on any atom is 0.338 e. The van der Waals surface area contributed by atoms with Gasteiger partial charge in [0.15, 0.2) is 22.9 Å². The first kappa shape index (κ1) is 27.7. The third kappa shape index (κ3) is 5.89. The summed E-state index contributed by atoms with van der Waals surface area (Å²) >= 11 is 1.23. The van der Waals surface area contributed by atoms with Gasteiger partial charge in [-0.25, -0.2) is 9.79 Å². The Morgan fingerprint density at radius 1 is 1.18 bits per heavy atom. The fourth-order valence-electron chi connectivity index (χ4n) is 4.24. The van der Waals surface area contributed by atoms with Crippen molar-refractivity contribution in [3.8, 4) is 23.3 Å². The van der Waals surface area contributed by atoms with Crippen LogP contribution in [0.1, 0.15) is 44.9 Å². The van der Waals surface area contributed by atoms with Gasteiger partial charge in [0.1, 0.15) is 11.8 Å². The van der Waals surface area contributed by atoms with Crippen molar-refractivity contribution >= 4 is 23.4 Å². The van der Waals surface area contributed by atoms with Crippen LogP contribution in [0.25, 0.3) is 6.08 Å². The molecule has 202 valence electrons. The predicted octanol–water partition coefficient (Wildman–Crippen LogP) is 3.50. The molecule has 9 nitrogen and oxygen atoms in total. The summed E-state index contributed by atoms with van der Waals surface area (Å²) in [5.41, 5.74) is 1.95. The number of methoxy groups -OCH3 is 1. The van der Waals surface area contributed by atoms with Crippen molar-refractivity contribution in [2.75, 3.05) is 20.3 Å². The molecule has 4 rings (SSSR count). The lowest BCUT2D eigenvalue weighted by molar-refractivity contribution is -0.143. The Hall–Kier alpha value is -4.36. The van der Waals surface area contributed by atoms with E-state index in [1.807, 2.05) is 37.3 Å². The van der Waals surface area contributed by atoms with E-state index in [0.717, 1.165) is 5.56 Å². The third-order valence-electron chi connectivity index (χ3n) is 5.87. The standard InChI is InChI=1S/C29H29N3O6S/c1-6-36-21-10-8-20(9-11-21)26-25(28(34)38-17(2)3)18(4)31-29-32(26)27(33)24(39-29)16-19-7-12-22(37-14-13-30)23(15-19)35-5/h7-12,15-17,26H,6,14H2,1-5H3/b24-16+/t26-/m0/s1. The second-order valence-electron chi connectivity index (χ2n) is 8.90. The SMILES string of the molecule is CCOc1ccc([C@H]2C(C(=O)OC(C)C)=C(C)N=c3s/c(=C/c4ccc(OCC#N)c(OC)c4)c(=O)n32)cc1. The number of nitrogens with zero attached hydrogens (tertiary/aromatic N) is 3. The Bertz CT molecular complexity index is 1630. The van der Waals surface area contributed by atoms with Crippen molar-refractivity contribution in [2.24, 2.45) is 4.99 Å². The second-order valence-corrected chi connectivity index (χ2v) is 9.90. The van der Waals surface area contributed by atoms with Crippen LogP contribution >= 0.6 is 11.3 Å². The number of thiazole rings is 1. The molecule has 3 aromatic rings. The Labute approximate surface area is 229 Å². The van der Waals surface area contributed by atoms with E-state index in [1.54, 1.807) is 45.0 Å². The second kappa shape index (κ2) is 12.0. The molecule has 0 unspecified atom stereocenters. The minimum Gasteiger partial charge on any atom is -0.494 e. The summed E-state index contributed by atoms with van der Waals surface area (Å²) in [6.45, 7) is 7.62. The van der Waals surface area contributed by atoms with E-state index in [9.17, 15) is 9.59 Å². The van der Waals surface area contributed by atoms with Crippen molar-refractivity contribution in [2.45, 2.75) is 39.8 Å². The van der Waals surface area contributed by atoms with Crippen LogP contribution in [0.15, 0.2) is 63.5 Å². The van der Waals surface area contributed by atoms with E-state index in [4.69, 9.17) is 24.2 Å². The largest absolute Gasteiger partial charge is 0.494 e. The van der Waals surface area contributed by atoms with Crippen LogP contribution in [0.3, 0.4) is 0 Å². The number of esters is 1. The van der Waals surface area contributed by atoms with E-state index in [2.05, 4.69) is 4.99 Å². The van der Waals surface area contributed by atoms with Crippen molar-refractivity contribution in [3.05, 3.63) is 84.5 Å². The Morgan fingerprint density at radius 3 is 2.56 bits per heavy atom. The molecule has 0 radical (unpaired) electrons. The number of benzene rings is 2. The van der Waals surface area contributed by atoms with Gasteiger partial charge in [-0.3, -0.25) is 9.36 Å². The molecule has 1 aromatic heterocycles. The van der Waals surface area contributed by atoms with Gasteiger partial charge in [-0.1, -0.05) is 29.5 Å². The molecule has 2 heterocycles. The van der Waals surface area contributed by atoms with Crippen LogP contribution in [-0.4, -0.2) is 37.0 Å². The van der Waals surface area contributed by atoms with Crippen molar-refractivity contribution < 1.29 is 23.7 Å². The number of carbonyl (C=O) groups is 1. The summed E-state index contributed by atoms with van der Waals surface area (Å²) in [5, 5.41) is 8.80. The topological polar surface area (TPSA) is 112 Å². The number of nitriles is 1. The highest BCUT2D eigenvalue weighted by molar-refractivity contribution is 7.07. The normalized spacial score (nSPS) is 14.9. The molecular weight excluding hydrogens is 518 g/mol. The smallest absolute Gasteiger partial charge is 0.338 e. The maximum atomic E-state index is 13.8.